The number of nitrogen functional groups attached to an aromatic ring is 1. The zero-order valence-corrected chi connectivity index (χ0v) is 9.82. The van der Waals surface area contributed by atoms with Gasteiger partial charge in [-0.05, 0) is 31.0 Å². The van der Waals surface area contributed by atoms with Crippen LogP contribution in [0.2, 0.25) is 0 Å². The highest BCUT2D eigenvalue weighted by Crippen LogP contribution is 2.30. The highest BCUT2D eigenvalue weighted by Gasteiger charge is 2.15. The summed E-state index contributed by atoms with van der Waals surface area (Å²) in [6.45, 7) is 0. The Bertz CT molecular complexity index is 530. The largest absolute Gasteiger partial charge is 0.398 e. The van der Waals surface area contributed by atoms with Crippen molar-refractivity contribution in [2.75, 3.05) is 11.1 Å². The first kappa shape index (κ1) is 10.4. The van der Waals surface area contributed by atoms with Gasteiger partial charge in [-0.1, -0.05) is 12.8 Å². The monoisotopic (exact) mass is 227 g/mol. The van der Waals surface area contributed by atoms with E-state index in [0.717, 1.165) is 22.1 Å². The molecule has 3 nitrogen and oxygen atoms in total. The predicted molar refractivity (Wildman–Crippen MR) is 72.0 cm³/mol. The Hall–Kier alpha value is -1.77. The van der Waals surface area contributed by atoms with Crippen molar-refractivity contribution in [2.24, 2.45) is 0 Å². The number of aromatic nitrogens is 1. The van der Waals surface area contributed by atoms with Gasteiger partial charge in [0.25, 0.3) is 0 Å². The molecule has 1 aliphatic carbocycles. The van der Waals surface area contributed by atoms with E-state index in [1.54, 1.807) is 6.20 Å². The van der Waals surface area contributed by atoms with Crippen LogP contribution in [-0.2, 0) is 0 Å². The number of nitrogens with one attached hydrogen (secondary N) is 1. The fraction of sp³-hybridized carbons (Fsp3) is 0.357. The molecule has 0 unspecified atom stereocenters. The minimum absolute atomic E-state index is 0.613. The molecule has 17 heavy (non-hydrogen) atoms. The second-order valence-corrected chi connectivity index (χ2v) is 4.75. The Morgan fingerprint density at radius 2 is 1.94 bits per heavy atom. The molecule has 1 saturated carbocycles. The highest BCUT2D eigenvalue weighted by atomic mass is 14.9. The standard InChI is InChI=1S/C14H17N3/c15-13-5-6-14(17-10-3-1-2-4-10)12-9-16-8-7-11(12)13/h5-10,17H,1-4,15H2. The van der Waals surface area contributed by atoms with Gasteiger partial charge in [-0.3, -0.25) is 4.98 Å². The first-order valence-electron chi connectivity index (χ1n) is 6.23. The molecule has 1 aromatic heterocycles. The van der Waals surface area contributed by atoms with Crippen molar-refractivity contribution in [3.63, 3.8) is 0 Å². The molecule has 0 spiro atoms. The van der Waals surface area contributed by atoms with E-state index in [4.69, 9.17) is 5.73 Å². The van der Waals surface area contributed by atoms with Gasteiger partial charge >= 0.3 is 0 Å². The Balaban J connectivity index is 2.01. The van der Waals surface area contributed by atoms with E-state index in [2.05, 4.69) is 16.4 Å². The summed E-state index contributed by atoms with van der Waals surface area (Å²) < 4.78 is 0. The molecule has 0 amide bonds. The van der Waals surface area contributed by atoms with Crippen LogP contribution in [0.3, 0.4) is 0 Å². The Kier molecular flexibility index (Phi) is 2.59. The maximum absolute atomic E-state index is 5.98. The highest BCUT2D eigenvalue weighted by molar-refractivity contribution is 6.00. The van der Waals surface area contributed by atoms with E-state index in [0.29, 0.717) is 6.04 Å². The van der Waals surface area contributed by atoms with Crippen LogP contribution in [0, 0.1) is 0 Å². The van der Waals surface area contributed by atoms with Crippen LogP contribution in [0.4, 0.5) is 11.4 Å². The van der Waals surface area contributed by atoms with E-state index in [-0.39, 0.29) is 0 Å². The number of pyridine rings is 1. The lowest BCUT2D eigenvalue weighted by atomic mass is 10.1. The Morgan fingerprint density at radius 1 is 1.12 bits per heavy atom. The number of nitrogens with two attached hydrogens (primary N) is 1. The second-order valence-electron chi connectivity index (χ2n) is 4.75. The summed E-state index contributed by atoms with van der Waals surface area (Å²) in [5.74, 6) is 0. The molecular formula is C14H17N3. The molecular weight excluding hydrogens is 210 g/mol. The van der Waals surface area contributed by atoms with Crippen molar-refractivity contribution >= 4 is 22.1 Å². The summed E-state index contributed by atoms with van der Waals surface area (Å²) in [7, 11) is 0. The number of benzene rings is 1. The molecule has 1 fully saturated rings. The van der Waals surface area contributed by atoms with Crippen LogP contribution in [0.25, 0.3) is 10.8 Å². The lowest BCUT2D eigenvalue weighted by molar-refractivity contribution is 0.756. The molecule has 3 heteroatoms. The Morgan fingerprint density at radius 3 is 2.76 bits per heavy atom. The zero-order valence-electron chi connectivity index (χ0n) is 9.82. The first-order chi connectivity index (χ1) is 8.34. The van der Waals surface area contributed by atoms with E-state index >= 15 is 0 Å². The smallest absolute Gasteiger partial charge is 0.0439 e. The van der Waals surface area contributed by atoms with Crippen molar-refractivity contribution < 1.29 is 0 Å². The van der Waals surface area contributed by atoms with E-state index < -0.39 is 0 Å². The van der Waals surface area contributed by atoms with Crippen molar-refractivity contribution in [1.29, 1.82) is 0 Å². The van der Waals surface area contributed by atoms with E-state index in [1.165, 1.54) is 25.7 Å². The summed E-state index contributed by atoms with van der Waals surface area (Å²) in [5, 5.41) is 5.83. The van der Waals surface area contributed by atoms with Crippen molar-refractivity contribution in [3.05, 3.63) is 30.6 Å². The van der Waals surface area contributed by atoms with Gasteiger partial charge in [0.05, 0.1) is 0 Å². The van der Waals surface area contributed by atoms with E-state index in [1.807, 2.05) is 18.3 Å². The third kappa shape index (κ3) is 1.93. The predicted octanol–water partition coefficient (Wildman–Crippen LogP) is 3.17. The fourth-order valence-corrected chi connectivity index (χ4v) is 2.63. The van der Waals surface area contributed by atoms with Gasteiger partial charge in [0.1, 0.15) is 0 Å². The molecule has 88 valence electrons. The molecule has 0 atom stereocenters. The number of nitrogens with zero attached hydrogens (tertiary/aromatic N) is 1. The van der Waals surface area contributed by atoms with Crippen molar-refractivity contribution in [2.45, 2.75) is 31.7 Å². The average molecular weight is 227 g/mol. The second kappa shape index (κ2) is 4.24. The molecule has 0 bridgehead atoms. The molecule has 3 rings (SSSR count). The number of anilines is 2. The van der Waals surface area contributed by atoms with E-state index in [9.17, 15) is 0 Å². The van der Waals surface area contributed by atoms with Crippen LogP contribution in [-0.4, -0.2) is 11.0 Å². The van der Waals surface area contributed by atoms with Crippen LogP contribution in [0.5, 0.6) is 0 Å². The number of fused-ring (bicyclic) bond motifs is 1. The van der Waals surface area contributed by atoms with Gasteiger partial charge in [0.2, 0.25) is 0 Å². The molecule has 1 aliphatic rings. The van der Waals surface area contributed by atoms with Crippen LogP contribution in [0.15, 0.2) is 30.6 Å². The van der Waals surface area contributed by atoms with Crippen molar-refractivity contribution in [3.8, 4) is 0 Å². The normalized spacial score (nSPS) is 16.5. The quantitative estimate of drug-likeness (QED) is 0.775. The molecule has 1 heterocycles. The summed E-state index contributed by atoms with van der Waals surface area (Å²) in [4.78, 5) is 4.19. The molecule has 0 aliphatic heterocycles. The third-order valence-electron chi connectivity index (χ3n) is 3.57. The summed E-state index contributed by atoms with van der Waals surface area (Å²) >= 11 is 0. The Labute approximate surface area is 101 Å². The van der Waals surface area contributed by atoms with Gasteiger partial charge in [-0.2, -0.15) is 0 Å². The third-order valence-corrected chi connectivity index (χ3v) is 3.57. The zero-order chi connectivity index (χ0) is 11.7. The number of rotatable bonds is 2. The SMILES string of the molecule is Nc1ccc(NC2CCCC2)c2cnccc12. The van der Waals surface area contributed by atoms with Gasteiger partial charge in [-0.25, -0.2) is 0 Å². The lowest BCUT2D eigenvalue weighted by Crippen LogP contribution is -2.14. The van der Waals surface area contributed by atoms with Gasteiger partial charge < -0.3 is 11.1 Å². The topological polar surface area (TPSA) is 50.9 Å². The van der Waals surface area contributed by atoms with Crippen molar-refractivity contribution in [1.82, 2.24) is 4.98 Å². The maximum Gasteiger partial charge on any atom is 0.0439 e. The maximum atomic E-state index is 5.98. The number of hydrogen-bond acceptors (Lipinski definition) is 3. The molecule has 3 N–H and O–H groups in total. The summed E-state index contributed by atoms with van der Waals surface area (Å²) in [6, 6.07) is 6.63. The van der Waals surface area contributed by atoms with Crippen LogP contribution < -0.4 is 11.1 Å². The first-order valence-corrected chi connectivity index (χ1v) is 6.23. The molecule has 1 aromatic carbocycles. The van der Waals surface area contributed by atoms with Gasteiger partial charge in [-0.15, -0.1) is 0 Å². The van der Waals surface area contributed by atoms with Gasteiger partial charge in [0.15, 0.2) is 0 Å². The minimum atomic E-state index is 0.613. The summed E-state index contributed by atoms with van der Waals surface area (Å²) in [5.41, 5.74) is 7.96. The number of hydrogen-bond donors (Lipinski definition) is 2. The molecule has 0 radical (unpaired) electrons. The minimum Gasteiger partial charge on any atom is -0.398 e. The lowest BCUT2D eigenvalue weighted by Gasteiger charge is -2.16. The van der Waals surface area contributed by atoms with Crippen LogP contribution in [0.1, 0.15) is 25.7 Å². The molecule has 2 aromatic rings. The fourth-order valence-electron chi connectivity index (χ4n) is 2.63. The van der Waals surface area contributed by atoms with Crippen LogP contribution >= 0.6 is 0 Å². The molecule has 0 saturated heterocycles. The van der Waals surface area contributed by atoms with Gasteiger partial charge in [0, 0.05) is 40.6 Å². The summed E-state index contributed by atoms with van der Waals surface area (Å²) in [6.07, 6.45) is 8.89. The average Bonchev–Trinajstić information content (AvgIpc) is 2.86.